The van der Waals surface area contributed by atoms with Crippen LogP contribution in [0.3, 0.4) is 0 Å². The predicted octanol–water partition coefficient (Wildman–Crippen LogP) is 2.08. The molecule has 0 bridgehead atoms. The summed E-state index contributed by atoms with van der Waals surface area (Å²) in [6.45, 7) is -0.700. The van der Waals surface area contributed by atoms with Gasteiger partial charge in [0.1, 0.15) is 11.3 Å². The summed E-state index contributed by atoms with van der Waals surface area (Å²) in [7, 11) is 0. The minimum Gasteiger partial charge on any atom is -0.481 e. The lowest BCUT2D eigenvalue weighted by Gasteiger charge is -2.20. The molecule has 1 heterocycles. The minimum atomic E-state index is -5.40. The molecule has 1 aromatic rings. The van der Waals surface area contributed by atoms with Crippen LogP contribution in [0.25, 0.3) is 0 Å². The van der Waals surface area contributed by atoms with Crippen molar-refractivity contribution >= 4 is 5.97 Å². The molecule has 1 aromatic heterocycles. The van der Waals surface area contributed by atoms with Crippen molar-refractivity contribution < 1.29 is 41.0 Å². The van der Waals surface area contributed by atoms with Crippen LogP contribution in [0.4, 0.5) is 26.3 Å². The third kappa shape index (κ3) is 4.48. The van der Waals surface area contributed by atoms with Crippen molar-refractivity contribution in [3.05, 3.63) is 23.0 Å². The fraction of sp³-hybridized carbons (Fsp3) is 0.400. The smallest absolute Gasteiger partial charge is 0.481 e. The summed E-state index contributed by atoms with van der Waals surface area (Å²) in [6.07, 6.45) is -11.3. The van der Waals surface area contributed by atoms with Crippen LogP contribution in [0, 0.1) is 0 Å². The molecule has 0 spiro atoms. The van der Waals surface area contributed by atoms with E-state index in [0.29, 0.717) is 6.20 Å². The maximum absolute atomic E-state index is 12.9. The molecular weight excluding hydrogens is 310 g/mol. The highest BCUT2D eigenvalue weighted by Gasteiger charge is 2.43. The standard InChI is InChI=1S/C10H8F6N2O3/c11-9(12,13)7-5(1-6(19)20)18-3-4(2-17)8(7)21-10(14,15)16/h3H,1-2,17H2,(H,19,20). The first-order chi connectivity index (χ1) is 9.45. The number of aliphatic carboxylic acids is 1. The summed E-state index contributed by atoms with van der Waals surface area (Å²) in [5, 5.41) is 8.51. The van der Waals surface area contributed by atoms with E-state index in [-0.39, 0.29) is 0 Å². The number of nitrogens with zero attached hydrogens (tertiary/aromatic N) is 1. The minimum absolute atomic E-state index is 0.620. The quantitative estimate of drug-likeness (QED) is 0.830. The molecule has 0 aliphatic carbocycles. The molecule has 0 radical (unpaired) electrons. The average molecular weight is 318 g/mol. The average Bonchev–Trinajstić information content (AvgIpc) is 2.24. The van der Waals surface area contributed by atoms with E-state index in [2.05, 4.69) is 9.72 Å². The highest BCUT2D eigenvalue weighted by atomic mass is 19.4. The van der Waals surface area contributed by atoms with Gasteiger partial charge in [-0.3, -0.25) is 9.78 Å². The molecule has 0 aromatic carbocycles. The number of alkyl halides is 6. The van der Waals surface area contributed by atoms with Gasteiger partial charge in [0.15, 0.2) is 0 Å². The number of carbonyl (C=O) groups is 1. The Morgan fingerprint density at radius 2 is 1.86 bits per heavy atom. The van der Waals surface area contributed by atoms with Crippen LogP contribution in [-0.2, 0) is 23.9 Å². The van der Waals surface area contributed by atoms with Gasteiger partial charge in [0.2, 0.25) is 0 Å². The van der Waals surface area contributed by atoms with Crippen molar-refractivity contribution in [2.75, 3.05) is 0 Å². The van der Waals surface area contributed by atoms with E-state index < -0.39 is 54.0 Å². The molecule has 11 heteroatoms. The Morgan fingerprint density at radius 3 is 2.24 bits per heavy atom. The van der Waals surface area contributed by atoms with Crippen molar-refractivity contribution in [3.63, 3.8) is 0 Å². The van der Waals surface area contributed by atoms with Gasteiger partial charge >= 0.3 is 18.5 Å². The Morgan fingerprint density at radius 1 is 1.29 bits per heavy atom. The van der Waals surface area contributed by atoms with Gasteiger partial charge in [-0.05, 0) is 0 Å². The third-order valence-corrected chi connectivity index (χ3v) is 2.22. The summed E-state index contributed by atoms with van der Waals surface area (Å²) in [4.78, 5) is 13.7. The SMILES string of the molecule is NCc1cnc(CC(=O)O)c(C(F)(F)F)c1OC(F)(F)F. The summed E-state index contributed by atoms with van der Waals surface area (Å²) in [5.74, 6) is -3.27. The Hall–Kier alpha value is -2.04. The van der Waals surface area contributed by atoms with E-state index in [1.165, 1.54) is 0 Å². The molecule has 118 valence electrons. The second-order valence-corrected chi connectivity index (χ2v) is 3.75. The molecule has 0 amide bonds. The van der Waals surface area contributed by atoms with Gasteiger partial charge in [0.05, 0.1) is 12.1 Å². The predicted molar refractivity (Wildman–Crippen MR) is 55.2 cm³/mol. The fourth-order valence-corrected chi connectivity index (χ4v) is 1.52. The van der Waals surface area contributed by atoms with Crippen LogP contribution in [0.5, 0.6) is 5.75 Å². The number of pyridine rings is 1. The molecule has 0 atom stereocenters. The Labute approximate surface area is 113 Å². The van der Waals surface area contributed by atoms with Gasteiger partial charge in [-0.25, -0.2) is 0 Å². The van der Waals surface area contributed by atoms with Crippen molar-refractivity contribution in [1.29, 1.82) is 0 Å². The van der Waals surface area contributed by atoms with Gasteiger partial charge in [-0.1, -0.05) is 0 Å². The number of carboxylic acids is 1. The molecule has 21 heavy (non-hydrogen) atoms. The maximum atomic E-state index is 12.9. The molecule has 5 nitrogen and oxygen atoms in total. The first kappa shape index (κ1) is 17.0. The Balaban J connectivity index is 3.57. The van der Waals surface area contributed by atoms with E-state index >= 15 is 0 Å². The van der Waals surface area contributed by atoms with E-state index in [9.17, 15) is 31.1 Å². The fourth-order valence-electron chi connectivity index (χ4n) is 1.52. The highest BCUT2D eigenvalue weighted by molar-refractivity contribution is 5.70. The van der Waals surface area contributed by atoms with E-state index in [4.69, 9.17) is 10.8 Å². The van der Waals surface area contributed by atoms with Gasteiger partial charge < -0.3 is 15.6 Å². The second-order valence-electron chi connectivity index (χ2n) is 3.75. The van der Waals surface area contributed by atoms with Crippen LogP contribution < -0.4 is 10.5 Å². The summed E-state index contributed by atoms with van der Waals surface area (Å²) < 4.78 is 78.9. The maximum Gasteiger partial charge on any atom is 0.573 e. The summed E-state index contributed by atoms with van der Waals surface area (Å²) in [6, 6.07) is 0. The molecule has 0 unspecified atom stereocenters. The number of aromatic nitrogens is 1. The second kappa shape index (κ2) is 5.76. The summed E-state index contributed by atoms with van der Waals surface area (Å²) in [5.41, 5.74) is 1.43. The third-order valence-electron chi connectivity index (χ3n) is 2.22. The number of hydrogen-bond donors (Lipinski definition) is 2. The number of hydrogen-bond acceptors (Lipinski definition) is 4. The topological polar surface area (TPSA) is 85.4 Å². The molecule has 0 saturated carbocycles. The van der Waals surface area contributed by atoms with Crippen molar-refractivity contribution in [2.45, 2.75) is 25.5 Å². The molecule has 0 aliphatic rings. The van der Waals surface area contributed by atoms with Crippen LogP contribution in [0.2, 0.25) is 0 Å². The molecule has 0 aliphatic heterocycles. The van der Waals surface area contributed by atoms with E-state index in [1.807, 2.05) is 0 Å². The Bertz CT molecular complexity index is 541. The molecule has 1 rings (SSSR count). The largest absolute Gasteiger partial charge is 0.573 e. The number of ether oxygens (including phenoxy) is 1. The zero-order valence-corrected chi connectivity index (χ0v) is 10.0. The zero-order chi connectivity index (χ0) is 16.4. The normalized spacial score (nSPS) is 12.3. The summed E-state index contributed by atoms with van der Waals surface area (Å²) >= 11 is 0. The van der Waals surface area contributed by atoms with Gasteiger partial charge in [-0.2, -0.15) is 13.2 Å². The molecule has 0 saturated heterocycles. The lowest BCUT2D eigenvalue weighted by atomic mass is 10.1. The van der Waals surface area contributed by atoms with Crippen LogP contribution >= 0.6 is 0 Å². The van der Waals surface area contributed by atoms with Crippen molar-refractivity contribution in [3.8, 4) is 5.75 Å². The molecular formula is C10H8F6N2O3. The number of rotatable bonds is 4. The molecule has 3 N–H and O–H groups in total. The van der Waals surface area contributed by atoms with Crippen LogP contribution in [0.1, 0.15) is 16.8 Å². The number of halogens is 6. The lowest BCUT2D eigenvalue weighted by Crippen LogP contribution is -2.24. The zero-order valence-electron chi connectivity index (χ0n) is 10.0. The van der Waals surface area contributed by atoms with Crippen molar-refractivity contribution in [1.82, 2.24) is 4.98 Å². The number of carboxylic acid groups (broad SMARTS) is 1. The van der Waals surface area contributed by atoms with E-state index in [0.717, 1.165) is 0 Å². The van der Waals surface area contributed by atoms with Gasteiger partial charge in [0.25, 0.3) is 0 Å². The first-order valence-electron chi connectivity index (χ1n) is 5.21. The number of nitrogens with two attached hydrogens (primary N) is 1. The molecule has 0 fully saturated rings. The van der Waals surface area contributed by atoms with Gasteiger partial charge in [-0.15, -0.1) is 13.2 Å². The van der Waals surface area contributed by atoms with Crippen LogP contribution in [0.15, 0.2) is 6.20 Å². The highest BCUT2D eigenvalue weighted by Crippen LogP contribution is 2.42. The van der Waals surface area contributed by atoms with Crippen LogP contribution in [-0.4, -0.2) is 22.4 Å². The van der Waals surface area contributed by atoms with Crippen molar-refractivity contribution in [2.24, 2.45) is 5.73 Å². The van der Waals surface area contributed by atoms with E-state index in [1.54, 1.807) is 0 Å². The van der Waals surface area contributed by atoms with Gasteiger partial charge in [0, 0.05) is 18.3 Å². The first-order valence-corrected chi connectivity index (χ1v) is 5.21. The Kier molecular flexibility index (Phi) is 4.66. The monoisotopic (exact) mass is 318 g/mol. The lowest BCUT2D eigenvalue weighted by molar-refractivity contribution is -0.276.